The Morgan fingerprint density at radius 2 is 1.44 bits per heavy atom. The van der Waals surface area contributed by atoms with Crippen LogP contribution in [0, 0.1) is 0 Å². The zero-order chi connectivity index (χ0) is 32.8. The van der Waals surface area contributed by atoms with Crippen LogP contribution in [-0.2, 0) is 11.8 Å². The van der Waals surface area contributed by atoms with Gasteiger partial charge in [-0.15, -0.1) is 0 Å². The van der Waals surface area contributed by atoms with Crippen LogP contribution in [0.1, 0.15) is 31.8 Å². The molecule has 0 fully saturated rings. The molecule has 1 unspecified atom stereocenters. The highest BCUT2D eigenvalue weighted by atomic mass is 127. The lowest BCUT2D eigenvalue weighted by molar-refractivity contribution is -0.389. The highest BCUT2D eigenvalue weighted by molar-refractivity contribution is 14.1. The minimum Gasteiger partial charge on any atom is -0.322 e. The van der Waals surface area contributed by atoms with Crippen LogP contribution < -0.4 is 8.43 Å². The summed E-state index contributed by atoms with van der Waals surface area (Å²) in [6, 6.07) is 5.80. The molecule has 0 saturated heterocycles. The predicted octanol–water partition coefficient (Wildman–Crippen LogP) is 8.93. The van der Waals surface area contributed by atoms with Gasteiger partial charge >= 0.3 is 30.1 Å². The van der Waals surface area contributed by atoms with Gasteiger partial charge in [0, 0.05) is 23.0 Å². The van der Waals surface area contributed by atoms with E-state index in [9.17, 15) is 62.3 Å². The molecule has 3 rings (SSSR count). The number of rotatable bonds is 6. The number of hydrogen-bond acceptors (Lipinski definition) is 3. The summed E-state index contributed by atoms with van der Waals surface area (Å²) in [4.78, 5) is 29.2. The van der Waals surface area contributed by atoms with Crippen LogP contribution in [0.2, 0.25) is 5.15 Å². The van der Waals surface area contributed by atoms with Crippen molar-refractivity contribution in [3.8, 4) is 0 Å². The molecule has 1 aromatic heterocycles. The quantitative estimate of drug-likeness (QED) is 0.118. The van der Waals surface area contributed by atoms with Gasteiger partial charge in [-0.3, -0.25) is 9.59 Å². The molecule has 3 aromatic rings. The van der Waals surface area contributed by atoms with Crippen molar-refractivity contribution in [2.45, 2.75) is 30.1 Å². The Bertz CT molecular complexity index is 1540. The molecular formula is C24H11ClF12IN3O2. The van der Waals surface area contributed by atoms with E-state index >= 15 is 0 Å². The number of benzene rings is 2. The first-order valence-electron chi connectivity index (χ1n) is 11.0. The second-order valence-electron chi connectivity index (χ2n) is 8.42. The summed E-state index contributed by atoms with van der Waals surface area (Å²) in [6.07, 6.45) is -18.7. The third-order valence-corrected chi connectivity index (χ3v) is 6.90. The fourth-order valence-corrected chi connectivity index (χ4v) is 4.48. The molecule has 5 nitrogen and oxygen atoms in total. The Balaban J connectivity index is 2.06. The monoisotopic (exact) mass is 763 g/mol. The maximum absolute atomic E-state index is 14.8. The van der Waals surface area contributed by atoms with Crippen molar-refractivity contribution in [1.82, 2.24) is 4.98 Å². The van der Waals surface area contributed by atoms with Crippen LogP contribution in [0.15, 0.2) is 60.8 Å². The van der Waals surface area contributed by atoms with E-state index < -0.39 is 70.4 Å². The van der Waals surface area contributed by atoms with Crippen LogP contribution in [0.3, 0.4) is 0 Å². The maximum atomic E-state index is 14.8. The van der Waals surface area contributed by atoms with Crippen molar-refractivity contribution in [3.05, 3.63) is 88.2 Å². The van der Waals surface area contributed by atoms with Gasteiger partial charge in [0.15, 0.2) is 0 Å². The fraction of sp³-hybridized carbons (Fsp3) is 0.208. The first-order valence-corrected chi connectivity index (χ1v) is 12.3. The largest absolute Gasteiger partial charge is 0.457 e. The molecule has 0 spiro atoms. The summed E-state index contributed by atoms with van der Waals surface area (Å²) in [6.45, 7) is 0. The molecule has 1 N–H and O–H groups in total. The minimum absolute atomic E-state index is 0.0644. The number of aromatic nitrogens is 1. The van der Waals surface area contributed by atoms with Gasteiger partial charge in [-0.25, -0.2) is 12.5 Å². The molecule has 43 heavy (non-hydrogen) atoms. The molecule has 2 amide bonds. The zero-order valence-corrected chi connectivity index (χ0v) is 23.2. The van der Waals surface area contributed by atoms with Gasteiger partial charge in [0.1, 0.15) is 5.15 Å². The summed E-state index contributed by atoms with van der Waals surface area (Å²) in [5, 5.41) is 2.16. The van der Waals surface area contributed by atoms with Crippen LogP contribution in [0.25, 0.3) is 0 Å². The fourth-order valence-electron chi connectivity index (χ4n) is 3.57. The van der Waals surface area contributed by atoms with Gasteiger partial charge in [-0.2, -0.15) is 48.3 Å². The number of anilines is 2. The number of nitrogens with one attached hydrogen (secondary N) is 1. The highest BCUT2D eigenvalue weighted by Crippen LogP contribution is 2.59. The molecule has 19 heteroatoms. The van der Waals surface area contributed by atoms with Gasteiger partial charge in [-0.1, -0.05) is 23.7 Å². The second kappa shape index (κ2) is 11.7. The molecule has 1 atom stereocenters. The van der Waals surface area contributed by atoms with E-state index in [2.05, 4.69) is 10.3 Å². The molecule has 2 aromatic carbocycles. The van der Waals surface area contributed by atoms with Crippen LogP contribution >= 0.6 is 34.5 Å². The molecule has 1 heterocycles. The smallest absolute Gasteiger partial charge is 0.322 e. The average Bonchev–Trinajstić information content (AvgIpc) is 2.90. The lowest BCUT2D eigenvalue weighted by atomic mass is 9.86. The van der Waals surface area contributed by atoms with E-state index in [-0.39, 0.29) is 31.6 Å². The number of pyridine rings is 1. The molecular weight excluding hydrogens is 753 g/mol. The van der Waals surface area contributed by atoms with Crippen molar-refractivity contribution in [2.75, 3.05) is 8.43 Å². The van der Waals surface area contributed by atoms with Crippen LogP contribution in [0.5, 0.6) is 0 Å². The Kier molecular flexibility index (Phi) is 9.27. The van der Waals surface area contributed by atoms with E-state index in [0.29, 0.717) is 0 Å². The van der Waals surface area contributed by atoms with E-state index in [1.807, 2.05) is 0 Å². The molecule has 0 aliphatic heterocycles. The maximum Gasteiger partial charge on any atom is 0.457 e. The topological polar surface area (TPSA) is 62.3 Å². The Hall–Kier alpha value is -3.29. The van der Waals surface area contributed by atoms with Crippen LogP contribution in [0.4, 0.5) is 64.1 Å². The standard InChI is InChI=1S/C24H11ClF12IN3O2/c25-17-14(5-2-8-39-17)18(42)40-13-4-1-3-11(9-13)19(43)41(38)16-7-6-12(10-15(16)21(27,28)29)20(26,23(32,33)34)22(30,31)24(35,36)37/h1-10H,(H,40,42). The van der Waals surface area contributed by atoms with Gasteiger partial charge in [0.05, 0.1) is 39.7 Å². The van der Waals surface area contributed by atoms with Crippen molar-refractivity contribution < 1.29 is 62.3 Å². The highest BCUT2D eigenvalue weighted by Gasteiger charge is 2.81. The van der Waals surface area contributed by atoms with Crippen molar-refractivity contribution in [3.63, 3.8) is 0 Å². The van der Waals surface area contributed by atoms with E-state index in [1.54, 1.807) is 0 Å². The number of carbonyl (C=O) groups is 2. The summed E-state index contributed by atoms with van der Waals surface area (Å²) in [5.74, 6) is -9.34. The molecule has 0 aliphatic rings. The summed E-state index contributed by atoms with van der Waals surface area (Å²) in [5.41, 5.74) is -13.6. The first kappa shape index (κ1) is 34.2. The Labute approximate surface area is 251 Å². The lowest BCUT2D eigenvalue weighted by Gasteiger charge is -2.36. The number of carbonyl (C=O) groups excluding carboxylic acids is 2. The minimum atomic E-state index is -7.21. The molecule has 0 aliphatic carbocycles. The SMILES string of the molecule is O=C(Nc1cccc(C(=O)N(I)c2ccc(C(F)(C(F)(F)F)C(F)(F)C(F)(F)F)cc2C(F)(F)F)c1)c1cccnc1Cl. The van der Waals surface area contributed by atoms with Crippen LogP contribution in [-0.4, -0.2) is 35.1 Å². The summed E-state index contributed by atoms with van der Waals surface area (Å²) in [7, 11) is 0. The van der Waals surface area contributed by atoms with Gasteiger partial charge in [0.2, 0.25) is 0 Å². The second-order valence-corrected chi connectivity index (χ2v) is 9.74. The van der Waals surface area contributed by atoms with E-state index in [0.717, 1.165) is 35.0 Å². The Morgan fingerprint density at radius 3 is 1.98 bits per heavy atom. The van der Waals surface area contributed by atoms with Crippen molar-refractivity contribution in [2.24, 2.45) is 0 Å². The normalized spacial score (nSPS) is 14.2. The number of hydrogen-bond donors (Lipinski definition) is 1. The van der Waals surface area contributed by atoms with Crippen molar-refractivity contribution in [1.29, 1.82) is 0 Å². The summed E-state index contributed by atoms with van der Waals surface area (Å²) >= 11 is 6.79. The Morgan fingerprint density at radius 1 is 0.814 bits per heavy atom. The average molecular weight is 764 g/mol. The molecule has 232 valence electrons. The third kappa shape index (κ3) is 6.48. The van der Waals surface area contributed by atoms with Gasteiger partial charge < -0.3 is 5.32 Å². The number of alkyl halides is 12. The molecule has 0 radical (unpaired) electrons. The van der Waals surface area contributed by atoms with Gasteiger partial charge in [-0.05, 0) is 42.5 Å². The number of halogens is 14. The zero-order valence-electron chi connectivity index (χ0n) is 20.3. The predicted molar refractivity (Wildman–Crippen MR) is 136 cm³/mol. The van der Waals surface area contributed by atoms with Gasteiger partial charge in [0.25, 0.3) is 11.8 Å². The first-order chi connectivity index (χ1) is 19.5. The molecule has 0 saturated carbocycles. The summed E-state index contributed by atoms with van der Waals surface area (Å²) < 4.78 is 163. The number of nitrogens with zero attached hydrogens (tertiary/aromatic N) is 2. The van der Waals surface area contributed by atoms with Crippen molar-refractivity contribution >= 4 is 57.7 Å². The third-order valence-electron chi connectivity index (χ3n) is 5.64. The molecule has 0 bridgehead atoms. The van der Waals surface area contributed by atoms with E-state index in [4.69, 9.17) is 11.6 Å². The number of amides is 2. The lowest BCUT2D eigenvalue weighted by Crippen LogP contribution is -2.59. The van der Waals surface area contributed by atoms with E-state index in [1.165, 1.54) is 30.5 Å².